The van der Waals surface area contributed by atoms with Crippen molar-refractivity contribution in [3.8, 4) is 0 Å². The lowest BCUT2D eigenvalue weighted by molar-refractivity contribution is -0.138. The van der Waals surface area contributed by atoms with E-state index in [2.05, 4.69) is 0 Å². The van der Waals surface area contributed by atoms with E-state index in [0.29, 0.717) is 12.2 Å². The number of nitrogens with zero attached hydrogens (tertiary/aromatic N) is 1. The number of ether oxygens (including phenoxy) is 1. The molecule has 0 bridgehead atoms. The molecule has 0 spiro atoms. The normalized spacial score (nSPS) is 21.3. The first-order valence-corrected chi connectivity index (χ1v) is 4.50. The fourth-order valence-electron chi connectivity index (χ4n) is 1.02. The van der Waals surface area contributed by atoms with Gasteiger partial charge in [-0.05, 0) is 26.0 Å². The lowest BCUT2D eigenvalue weighted by Crippen LogP contribution is -2.22. The monoisotopic (exact) mass is 201 g/mol. The van der Waals surface area contributed by atoms with Gasteiger partial charge in [0.25, 0.3) is 0 Å². The van der Waals surface area contributed by atoms with E-state index in [1.165, 1.54) is 4.42 Å². The van der Waals surface area contributed by atoms with Gasteiger partial charge in [-0.3, -0.25) is 4.42 Å². The first kappa shape index (κ1) is 10.1. The molecule has 0 fully saturated rings. The van der Waals surface area contributed by atoms with Crippen LogP contribution < -0.4 is 0 Å². The first-order valence-electron chi connectivity index (χ1n) is 4.16. The molecule has 3 nitrogen and oxygen atoms in total. The molecule has 72 valence electrons. The molecular weight excluding hydrogens is 190 g/mol. The van der Waals surface area contributed by atoms with Crippen LogP contribution in [0.15, 0.2) is 23.9 Å². The third kappa shape index (κ3) is 2.49. The van der Waals surface area contributed by atoms with Gasteiger partial charge in [0, 0.05) is 18.0 Å². The molecule has 0 aromatic rings. The summed E-state index contributed by atoms with van der Waals surface area (Å²) in [5, 5.41) is 0. The van der Waals surface area contributed by atoms with E-state index in [9.17, 15) is 4.79 Å². The molecule has 0 saturated carbocycles. The molecule has 0 saturated heterocycles. The number of hydrogen-bond donors (Lipinski definition) is 0. The van der Waals surface area contributed by atoms with Crippen molar-refractivity contribution < 1.29 is 9.53 Å². The van der Waals surface area contributed by atoms with Gasteiger partial charge in [0.1, 0.15) is 0 Å². The maximum absolute atomic E-state index is 11.2. The van der Waals surface area contributed by atoms with E-state index in [1.54, 1.807) is 25.3 Å². The predicted octanol–water partition coefficient (Wildman–Crippen LogP) is 1.85. The second kappa shape index (κ2) is 4.33. The number of rotatable bonds is 2. The Balaban J connectivity index is 2.67. The van der Waals surface area contributed by atoms with Crippen LogP contribution in [0.1, 0.15) is 13.8 Å². The highest BCUT2D eigenvalue weighted by atomic mass is 35.5. The zero-order valence-corrected chi connectivity index (χ0v) is 8.41. The van der Waals surface area contributed by atoms with E-state index >= 15 is 0 Å². The van der Waals surface area contributed by atoms with E-state index in [-0.39, 0.29) is 12.0 Å². The summed E-state index contributed by atoms with van der Waals surface area (Å²) in [6.45, 7) is 4.07. The zero-order valence-electron chi connectivity index (χ0n) is 7.66. The Bertz CT molecular complexity index is 260. The van der Waals surface area contributed by atoms with Crippen LogP contribution in [-0.4, -0.2) is 23.0 Å². The van der Waals surface area contributed by atoms with Crippen molar-refractivity contribution in [2.75, 3.05) is 6.61 Å². The molecule has 1 aliphatic heterocycles. The Morgan fingerprint density at radius 3 is 3.00 bits per heavy atom. The van der Waals surface area contributed by atoms with Crippen LogP contribution in [0.2, 0.25) is 0 Å². The van der Waals surface area contributed by atoms with Crippen LogP contribution in [0.5, 0.6) is 0 Å². The summed E-state index contributed by atoms with van der Waals surface area (Å²) >= 11 is 5.76. The minimum Gasteiger partial charge on any atom is -0.462 e. The van der Waals surface area contributed by atoms with Crippen LogP contribution in [0.25, 0.3) is 0 Å². The van der Waals surface area contributed by atoms with E-state index in [1.807, 2.05) is 6.92 Å². The third-order valence-electron chi connectivity index (χ3n) is 1.72. The number of halogens is 1. The van der Waals surface area contributed by atoms with Gasteiger partial charge in [-0.2, -0.15) is 0 Å². The second-order valence-corrected chi connectivity index (χ2v) is 3.13. The highest BCUT2D eigenvalue weighted by molar-refractivity contribution is 6.14. The minimum atomic E-state index is -0.296. The van der Waals surface area contributed by atoms with Crippen LogP contribution in [0.4, 0.5) is 0 Å². The molecule has 0 radical (unpaired) electrons. The molecular formula is C9H12ClNO2. The third-order valence-corrected chi connectivity index (χ3v) is 2.14. The van der Waals surface area contributed by atoms with E-state index in [0.717, 1.165) is 0 Å². The van der Waals surface area contributed by atoms with Crippen molar-refractivity contribution in [2.45, 2.75) is 19.9 Å². The van der Waals surface area contributed by atoms with Crippen molar-refractivity contribution in [1.82, 2.24) is 4.42 Å². The van der Waals surface area contributed by atoms with Gasteiger partial charge in [0.05, 0.1) is 18.2 Å². The van der Waals surface area contributed by atoms with Gasteiger partial charge in [-0.1, -0.05) is 0 Å². The molecule has 1 rings (SSSR count). The van der Waals surface area contributed by atoms with Gasteiger partial charge in [0.2, 0.25) is 0 Å². The van der Waals surface area contributed by atoms with Crippen LogP contribution in [0, 0.1) is 0 Å². The molecule has 1 heterocycles. The minimum absolute atomic E-state index is 0.0195. The van der Waals surface area contributed by atoms with Gasteiger partial charge in [-0.15, -0.1) is 0 Å². The molecule has 1 unspecified atom stereocenters. The molecule has 4 heteroatoms. The smallest absolute Gasteiger partial charge is 0.337 e. The first-order chi connectivity index (χ1) is 6.15. The summed E-state index contributed by atoms with van der Waals surface area (Å²) < 4.78 is 6.35. The molecule has 13 heavy (non-hydrogen) atoms. The summed E-state index contributed by atoms with van der Waals surface area (Å²) in [5.41, 5.74) is 0.561. The average Bonchev–Trinajstić information content (AvgIpc) is 2.10. The van der Waals surface area contributed by atoms with Crippen molar-refractivity contribution in [3.63, 3.8) is 0 Å². The molecule has 0 aromatic carbocycles. The fourth-order valence-corrected chi connectivity index (χ4v) is 1.14. The number of esters is 1. The predicted molar refractivity (Wildman–Crippen MR) is 51.0 cm³/mol. The van der Waals surface area contributed by atoms with Crippen molar-refractivity contribution in [2.24, 2.45) is 0 Å². The van der Waals surface area contributed by atoms with Gasteiger partial charge in [-0.25, -0.2) is 4.79 Å². The SMILES string of the molecule is CCOC(=O)C1=CC(C)N(Cl)C=C1. The summed E-state index contributed by atoms with van der Waals surface area (Å²) in [5.74, 6) is -0.296. The van der Waals surface area contributed by atoms with Gasteiger partial charge >= 0.3 is 5.97 Å². The quantitative estimate of drug-likeness (QED) is 0.505. The number of carbonyl (C=O) groups excluding carboxylic acids is 1. The maximum atomic E-state index is 11.2. The topological polar surface area (TPSA) is 29.5 Å². The molecule has 0 amide bonds. The Labute approximate surface area is 82.7 Å². The highest BCUT2D eigenvalue weighted by Crippen LogP contribution is 2.16. The van der Waals surface area contributed by atoms with Crippen LogP contribution >= 0.6 is 11.8 Å². The van der Waals surface area contributed by atoms with Crippen LogP contribution in [-0.2, 0) is 9.53 Å². The molecule has 0 aromatic heterocycles. The van der Waals surface area contributed by atoms with Crippen molar-refractivity contribution in [3.05, 3.63) is 23.9 Å². The second-order valence-electron chi connectivity index (χ2n) is 2.74. The Morgan fingerprint density at radius 1 is 1.77 bits per heavy atom. The molecule has 0 N–H and O–H groups in total. The Hall–Kier alpha value is -0.960. The van der Waals surface area contributed by atoms with Gasteiger partial charge in [0.15, 0.2) is 0 Å². The zero-order chi connectivity index (χ0) is 9.84. The molecule has 1 aliphatic rings. The molecule has 1 atom stereocenters. The summed E-state index contributed by atoms with van der Waals surface area (Å²) in [4.78, 5) is 11.2. The molecule has 0 aliphatic carbocycles. The average molecular weight is 202 g/mol. The Morgan fingerprint density at radius 2 is 2.46 bits per heavy atom. The van der Waals surface area contributed by atoms with Crippen LogP contribution in [0.3, 0.4) is 0 Å². The van der Waals surface area contributed by atoms with Crippen molar-refractivity contribution >= 4 is 17.7 Å². The number of hydrogen-bond acceptors (Lipinski definition) is 3. The lowest BCUT2D eigenvalue weighted by Gasteiger charge is -2.20. The summed E-state index contributed by atoms with van der Waals surface area (Å²) in [6.07, 6.45) is 5.06. The Kier molecular flexibility index (Phi) is 3.37. The lowest BCUT2D eigenvalue weighted by atomic mass is 10.1. The van der Waals surface area contributed by atoms with Crippen molar-refractivity contribution in [1.29, 1.82) is 0 Å². The number of carbonyl (C=O) groups is 1. The van der Waals surface area contributed by atoms with E-state index < -0.39 is 0 Å². The summed E-state index contributed by atoms with van der Waals surface area (Å²) in [7, 11) is 0. The largest absolute Gasteiger partial charge is 0.462 e. The summed E-state index contributed by atoms with van der Waals surface area (Å²) in [6, 6.07) is 0.0195. The fraction of sp³-hybridized carbons (Fsp3) is 0.444. The highest BCUT2D eigenvalue weighted by Gasteiger charge is 2.15. The standard InChI is InChI=1S/C9H12ClNO2/c1-3-13-9(12)8-4-5-11(10)7(2)6-8/h4-7H,3H2,1-2H3. The maximum Gasteiger partial charge on any atom is 0.337 e. The van der Waals surface area contributed by atoms with E-state index in [4.69, 9.17) is 16.5 Å². The van der Waals surface area contributed by atoms with Gasteiger partial charge < -0.3 is 4.74 Å².